The first kappa shape index (κ1) is 16.1. The number of hydrogen-bond acceptors (Lipinski definition) is 4. The Morgan fingerprint density at radius 3 is 2.38 bits per heavy atom. The number of carbonyl (C=O) groups is 2. The Hall–Kier alpha value is -1.30. The predicted octanol–water partition coefficient (Wildman–Crippen LogP) is 1.21. The Balaban J connectivity index is 1.98. The van der Waals surface area contributed by atoms with Gasteiger partial charge in [0.2, 0.25) is 5.91 Å². The lowest BCUT2D eigenvalue weighted by Crippen LogP contribution is -2.62. The number of nitrogens with zero attached hydrogens (tertiary/aromatic N) is 2. The summed E-state index contributed by atoms with van der Waals surface area (Å²) in [5.41, 5.74) is -0.518. The molecule has 0 bridgehead atoms. The molecule has 1 N–H and O–H groups in total. The summed E-state index contributed by atoms with van der Waals surface area (Å²) >= 11 is 0. The smallest absolute Gasteiger partial charge is 0.410 e. The zero-order valence-corrected chi connectivity index (χ0v) is 13.5. The maximum atomic E-state index is 12.4. The van der Waals surface area contributed by atoms with E-state index in [9.17, 15) is 9.59 Å². The van der Waals surface area contributed by atoms with Gasteiger partial charge in [-0.05, 0) is 40.5 Å². The molecule has 0 aromatic carbocycles. The molecule has 2 saturated heterocycles. The van der Waals surface area contributed by atoms with Gasteiger partial charge >= 0.3 is 6.09 Å². The summed E-state index contributed by atoms with van der Waals surface area (Å²) in [6.07, 6.45) is 1.81. The summed E-state index contributed by atoms with van der Waals surface area (Å²) in [6.45, 7) is 10.2. The molecule has 6 heteroatoms. The van der Waals surface area contributed by atoms with Crippen molar-refractivity contribution >= 4 is 12.0 Å². The minimum atomic E-state index is -0.518. The zero-order chi connectivity index (χ0) is 15.6. The van der Waals surface area contributed by atoms with Crippen LogP contribution in [-0.2, 0) is 9.53 Å². The second kappa shape index (κ2) is 6.22. The van der Waals surface area contributed by atoms with E-state index >= 15 is 0 Å². The lowest BCUT2D eigenvalue weighted by Gasteiger charge is -2.39. The first-order chi connectivity index (χ1) is 9.78. The summed E-state index contributed by atoms with van der Waals surface area (Å²) in [7, 11) is 0. The van der Waals surface area contributed by atoms with Crippen LogP contribution in [0.25, 0.3) is 0 Å². The van der Waals surface area contributed by atoms with Crippen molar-refractivity contribution in [2.75, 3.05) is 26.2 Å². The van der Waals surface area contributed by atoms with E-state index in [1.807, 2.05) is 32.6 Å². The van der Waals surface area contributed by atoms with E-state index in [1.165, 1.54) is 0 Å². The van der Waals surface area contributed by atoms with Gasteiger partial charge in [0.25, 0.3) is 0 Å². The SMILES string of the molecule is C[C@@H]1CN[C@@H](C(=O)N2CCCC2)CN1C(=O)OC(C)(C)C. The molecule has 0 spiro atoms. The number of rotatable bonds is 1. The second-order valence-electron chi connectivity index (χ2n) is 6.97. The largest absolute Gasteiger partial charge is 0.444 e. The van der Waals surface area contributed by atoms with Gasteiger partial charge in [-0.3, -0.25) is 4.79 Å². The van der Waals surface area contributed by atoms with E-state index in [2.05, 4.69) is 5.32 Å². The number of carbonyl (C=O) groups excluding carboxylic acids is 2. The number of nitrogens with one attached hydrogen (secondary N) is 1. The normalized spacial score (nSPS) is 26.9. The van der Waals surface area contributed by atoms with Crippen molar-refractivity contribution in [1.82, 2.24) is 15.1 Å². The molecule has 21 heavy (non-hydrogen) atoms. The molecule has 2 atom stereocenters. The van der Waals surface area contributed by atoms with Crippen LogP contribution in [-0.4, -0.2) is 65.7 Å². The summed E-state index contributed by atoms with van der Waals surface area (Å²) in [4.78, 5) is 28.3. The molecular formula is C15H27N3O3. The van der Waals surface area contributed by atoms with E-state index in [1.54, 1.807) is 4.90 Å². The molecule has 0 radical (unpaired) electrons. The molecule has 2 amide bonds. The van der Waals surface area contributed by atoms with Crippen LogP contribution >= 0.6 is 0 Å². The van der Waals surface area contributed by atoms with Crippen LogP contribution in [0.15, 0.2) is 0 Å². The van der Waals surface area contributed by atoms with Gasteiger partial charge in [0.15, 0.2) is 0 Å². The third-order valence-electron chi connectivity index (χ3n) is 3.91. The number of amides is 2. The summed E-state index contributed by atoms with van der Waals surface area (Å²) < 4.78 is 5.44. The van der Waals surface area contributed by atoms with Crippen LogP contribution in [0.1, 0.15) is 40.5 Å². The molecule has 120 valence electrons. The van der Waals surface area contributed by atoms with Gasteiger partial charge in [0, 0.05) is 32.2 Å². The van der Waals surface area contributed by atoms with E-state index < -0.39 is 5.60 Å². The van der Waals surface area contributed by atoms with Gasteiger partial charge in [-0.2, -0.15) is 0 Å². The van der Waals surface area contributed by atoms with E-state index in [0.29, 0.717) is 13.1 Å². The zero-order valence-electron chi connectivity index (χ0n) is 13.5. The molecule has 2 aliphatic rings. The van der Waals surface area contributed by atoms with E-state index in [0.717, 1.165) is 25.9 Å². The fraction of sp³-hybridized carbons (Fsp3) is 0.867. The van der Waals surface area contributed by atoms with E-state index in [-0.39, 0.29) is 24.1 Å². The Morgan fingerprint density at radius 2 is 1.81 bits per heavy atom. The van der Waals surface area contributed by atoms with Crippen LogP contribution in [0.4, 0.5) is 4.79 Å². The monoisotopic (exact) mass is 297 g/mol. The lowest BCUT2D eigenvalue weighted by atomic mass is 10.1. The Morgan fingerprint density at radius 1 is 1.19 bits per heavy atom. The fourth-order valence-corrected chi connectivity index (χ4v) is 2.76. The molecule has 0 saturated carbocycles. The first-order valence-electron chi connectivity index (χ1n) is 7.80. The van der Waals surface area contributed by atoms with Crippen molar-refractivity contribution in [3.8, 4) is 0 Å². The molecule has 0 unspecified atom stereocenters. The van der Waals surface area contributed by atoms with Crippen molar-refractivity contribution in [2.24, 2.45) is 0 Å². The maximum Gasteiger partial charge on any atom is 0.410 e. The van der Waals surface area contributed by atoms with Gasteiger partial charge < -0.3 is 19.9 Å². The van der Waals surface area contributed by atoms with Crippen LogP contribution in [0, 0.1) is 0 Å². The summed E-state index contributed by atoms with van der Waals surface area (Å²) in [6, 6.07) is -0.283. The van der Waals surface area contributed by atoms with Gasteiger partial charge in [0.1, 0.15) is 11.6 Å². The van der Waals surface area contributed by atoms with Crippen molar-refractivity contribution in [3.63, 3.8) is 0 Å². The van der Waals surface area contributed by atoms with Crippen LogP contribution in [0.3, 0.4) is 0 Å². The highest BCUT2D eigenvalue weighted by atomic mass is 16.6. The van der Waals surface area contributed by atoms with Crippen LogP contribution < -0.4 is 5.32 Å². The highest BCUT2D eigenvalue weighted by molar-refractivity contribution is 5.83. The van der Waals surface area contributed by atoms with Crippen molar-refractivity contribution in [3.05, 3.63) is 0 Å². The minimum Gasteiger partial charge on any atom is -0.444 e. The molecule has 0 aliphatic carbocycles. The van der Waals surface area contributed by atoms with Crippen molar-refractivity contribution < 1.29 is 14.3 Å². The van der Waals surface area contributed by atoms with Gasteiger partial charge in [-0.15, -0.1) is 0 Å². The molecule has 2 heterocycles. The summed E-state index contributed by atoms with van der Waals surface area (Å²) in [5, 5.41) is 3.25. The van der Waals surface area contributed by atoms with Gasteiger partial charge in [0.05, 0.1) is 0 Å². The van der Waals surface area contributed by atoms with Crippen molar-refractivity contribution in [2.45, 2.75) is 58.2 Å². The molecule has 2 fully saturated rings. The third-order valence-corrected chi connectivity index (χ3v) is 3.91. The molecule has 0 aromatic rings. The van der Waals surface area contributed by atoms with Crippen LogP contribution in [0.2, 0.25) is 0 Å². The number of hydrogen-bond donors (Lipinski definition) is 1. The van der Waals surface area contributed by atoms with Gasteiger partial charge in [-0.1, -0.05) is 0 Å². The average molecular weight is 297 g/mol. The third kappa shape index (κ3) is 4.09. The van der Waals surface area contributed by atoms with Gasteiger partial charge in [-0.25, -0.2) is 4.79 Å². The number of likely N-dealkylation sites (tertiary alicyclic amines) is 1. The highest BCUT2D eigenvalue weighted by Gasteiger charge is 2.36. The molecule has 6 nitrogen and oxygen atoms in total. The topological polar surface area (TPSA) is 61.9 Å². The quantitative estimate of drug-likeness (QED) is 0.790. The summed E-state index contributed by atoms with van der Waals surface area (Å²) in [5.74, 6) is 0.105. The first-order valence-corrected chi connectivity index (χ1v) is 7.80. The lowest BCUT2D eigenvalue weighted by molar-refractivity contribution is -0.133. The number of ether oxygens (including phenoxy) is 1. The van der Waals surface area contributed by atoms with Crippen molar-refractivity contribution in [1.29, 1.82) is 0 Å². The Labute approximate surface area is 126 Å². The standard InChI is InChI=1S/C15H27N3O3/c1-11-9-16-12(13(19)17-7-5-6-8-17)10-18(11)14(20)21-15(2,3)4/h11-12,16H,5-10H2,1-4H3/t11-,12-/m1/s1. The van der Waals surface area contributed by atoms with E-state index in [4.69, 9.17) is 4.74 Å². The molecule has 0 aromatic heterocycles. The second-order valence-corrected chi connectivity index (χ2v) is 6.97. The minimum absolute atomic E-state index is 0.0301. The Bertz CT molecular complexity index is 399. The molecular weight excluding hydrogens is 270 g/mol. The average Bonchev–Trinajstić information content (AvgIpc) is 2.90. The number of piperazine rings is 1. The molecule has 2 aliphatic heterocycles. The fourth-order valence-electron chi connectivity index (χ4n) is 2.76. The molecule has 2 rings (SSSR count). The maximum absolute atomic E-state index is 12.4. The van der Waals surface area contributed by atoms with Crippen LogP contribution in [0.5, 0.6) is 0 Å². The highest BCUT2D eigenvalue weighted by Crippen LogP contribution is 2.17. The Kier molecular flexibility index (Phi) is 4.76. The predicted molar refractivity (Wildman–Crippen MR) is 80.0 cm³/mol.